The van der Waals surface area contributed by atoms with Crippen molar-refractivity contribution in [3.8, 4) is 11.1 Å². The van der Waals surface area contributed by atoms with Gasteiger partial charge < -0.3 is 0 Å². The standard InChI is InChI=1S/C21H23F2N/c1-14-3-2-10-24(14)19-8-6-15-11-17(5-4-16(15)12-19)20-9-7-18(22)13-21(20)23/h4-5,7,9,11,13-14,19H,2-3,6,8,10,12H2,1H3. The van der Waals surface area contributed by atoms with E-state index in [1.807, 2.05) is 6.07 Å². The molecule has 0 N–H and O–H groups in total. The number of fused-ring (bicyclic) bond motifs is 1. The van der Waals surface area contributed by atoms with Gasteiger partial charge in [-0.3, -0.25) is 4.90 Å². The van der Waals surface area contributed by atoms with Gasteiger partial charge in [-0.05, 0) is 74.4 Å². The molecule has 4 rings (SSSR count). The number of hydrogen-bond acceptors (Lipinski definition) is 1. The van der Waals surface area contributed by atoms with Crippen LogP contribution in [0.25, 0.3) is 11.1 Å². The second-order valence-corrected chi connectivity index (χ2v) is 7.23. The quantitative estimate of drug-likeness (QED) is 0.752. The number of rotatable bonds is 2. The van der Waals surface area contributed by atoms with Gasteiger partial charge in [0, 0.05) is 23.7 Å². The second-order valence-electron chi connectivity index (χ2n) is 7.23. The van der Waals surface area contributed by atoms with Gasteiger partial charge in [-0.15, -0.1) is 0 Å². The first-order valence-electron chi connectivity index (χ1n) is 8.95. The molecule has 1 aliphatic heterocycles. The van der Waals surface area contributed by atoms with Crippen LogP contribution in [0.1, 0.15) is 37.3 Å². The minimum absolute atomic E-state index is 0.481. The Morgan fingerprint density at radius 2 is 1.88 bits per heavy atom. The van der Waals surface area contributed by atoms with E-state index in [0.717, 1.165) is 24.5 Å². The van der Waals surface area contributed by atoms with E-state index >= 15 is 0 Å². The Bertz CT molecular complexity index is 755. The predicted molar refractivity (Wildman–Crippen MR) is 93.0 cm³/mol. The molecule has 2 unspecified atom stereocenters. The maximum Gasteiger partial charge on any atom is 0.133 e. The molecule has 0 spiro atoms. The number of aryl methyl sites for hydroxylation is 1. The normalized spacial score (nSPS) is 24.1. The van der Waals surface area contributed by atoms with E-state index in [9.17, 15) is 8.78 Å². The van der Waals surface area contributed by atoms with Crippen molar-refractivity contribution in [2.75, 3.05) is 6.54 Å². The van der Waals surface area contributed by atoms with Crippen LogP contribution in [0.4, 0.5) is 8.78 Å². The molecule has 0 aromatic heterocycles. The average Bonchev–Trinajstić information content (AvgIpc) is 3.00. The zero-order chi connectivity index (χ0) is 16.7. The summed E-state index contributed by atoms with van der Waals surface area (Å²) in [5.41, 5.74) is 4.03. The van der Waals surface area contributed by atoms with Crippen LogP contribution in [0.15, 0.2) is 36.4 Å². The molecule has 0 saturated carbocycles. The smallest absolute Gasteiger partial charge is 0.133 e. The molecule has 126 valence electrons. The van der Waals surface area contributed by atoms with Gasteiger partial charge in [0.2, 0.25) is 0 Å². The van der Waals surface area contributed by atoms with Gasteiger partial charge in [0.25, 0.3) is 0 Å². The van der Waals surface area contributed by atoms with Gasteiger partial charge in [-0.2, -0.15) is 0 Å². The van der Waals surface area contributed by atoms with E-state index in [0.29, 0.717) is 17.6 Å². The van der Waals surface area contributed by atoms with Crippen molar-refractivity contribution < 1.29 is 8.78 Å². The van der Waals surface area contributed by atoms with Crippen molar-refractivity contribution >= 4 is 0 Å². The highest BCUT2D eigenvalue weighted by molar-refractivity contribution is 5.65. The average molecular weight is 327 g/mol. The molecule has 0 amide bonds. The number of halogens is 2. The molecule has 2 atom stereocenters. The number of nitrogens with zero attached hydrogens (tertiary/aromatic N) is 1. The SMILES string of the molecule is CC1CCCN1C1CCc2cc(-c3ccc(F)cc3F)ccc2C1. The molecule has 1 aliphatic carbocycles. The fourth-order valence-corrected chi connectivity index (χ4v) is 4.41. The van der Waals surface area contributed by atoms with Gasteiger partial charge in [-0.1, -0.05) is 18.2 Å². The second kappa shape index (κ2) is 6.29. The van der Waals surface area contributed by atoms with Gasteiger partial charge in [0.15, 0.2) is 0 Å². The fraction of sp³-hybridized carbons (Fsp3) is 0.429. The van der Waals surface area contributed by atoms with Crippen LogP contribution in [-0.2, 0) is 12.8 Å². The molecule has 0 radical (unpaired) electrons. The van der Waals surface area contributed by atoms with Crippen LogP contribution in [-0.4, -0.2) is 23.5 Å². The predicted octanol–water partition coefficient (Wildman–Crippen LogP) is 4.97. The largest absolute Gasteiger partial charge is 0.297 e. The van der Waals surface area contributed by atoms with E-state index in [1.165, 1.54) is 49.1 Å². The highest BCUT2D eigenvalue weighted by Crippen LogP contribution is 2.32. The molecule has 24 heavy (non-hydrogen) atoms. The minimum Gasteiger partial charge on any atom is -0.297 e. The molecule has 2 aliphatic rings. The van der Waals surface area contributed by atoms with Crippen molar-refractivity contribution in [2.45, 2.75) is 51.1 Å². The molecule has 1 fully saturated rings. The summed E-state index contributed by atoms with van der Waals surface area (Å²) in [5, 5.41) is 0. The molecular weight excluding hydrogens is 304 g/mol. The molecule has 2 aromatic rings. The number of hydrogen-bond donors (Lipinski definition) is 0. The third-order valence-corrected chi connectivity index (χ3v) is 5.72. The lowest BCUT2D eigenvalue weighted by Gasteiger charge is -2.35. The Labute approximate surface area is 142 Å². The summed E-state index contributed by atoms with van der Waals surface area (Å²) in [4.78, 5) is 2.66. The Kier molecular flexibility index (Phi) is 4.13. The minimum atomic E-state index is -0.531. The lowest BCUT2D eigenvalue weighted by Crippen LogP contribution is -2.41. The monoisotopic (exact) mass is 327 g/mol. The van der Waals surface area contributed by atoms with Crippen LogP contribution in [0.3, 0.4) is 0 Å². The Balaban J connectivity index is 1.59. The summed E-state index contributed by atoms with van der Waals surface area (Å²) in [6, 6.07) is 11.4. The van der Waals surface area contributed by atoms with Crippen LogP contribution < -0.4 is 0 Å². The van der Waals surface area contributed by atoms with E-state index < -0.39 is 11.6 Å². The maximum absolute atomic E-state index is 14.0. The fourth-order valence-electron chi connectivity index (χ4n) is 4.41. The first kappa shape index (κ1) is 15.8. The summed E-state index contributed by atoms with van der Waals surface area (Å²) in [6.45, 7) is 3.56. The molecule has 0 bridgehead atoms. The van der Waals surface area contributed by atoms with Crippen molar-refractivity contribution in [3.05, 3.63) is 59.2 Å². The molecule has 3 heteroatoms. The van der Waals surface area contributed by atoms with E-state index in [2.05, 4.69) is 24.0 Å². The Morgan fingerprint density at radius 1 is 1.00 bits per heavy atom. The van der Waals surface area contributed by atoms with Crippen molar-refractivity contribution in [1.29, 1.82) is 0 Å². The third-order valence-electron chi connectivity index (χ3n) is 5.72. The Morgan fingerprint density at radius 3 is 2.62 bits per heavy atom. The lowest BCUT2D eigenvalue weighted by molar-refractivity contribution is 0.174. The summed E-state index contributed by atoms with van der Waals surface area (Å²) < 4.78 is 27.1. The summed E-state index contributed by atoms with van der Waals surface area (Å²) in [5.74, 6) is -1.02. The van der Waals surface area contributed by atoms with E-state index in [1.54, 1.807) is 0 Å². The maximum atomic E-state index is 14.0. The lowest BCUT2D eigenvalue weighted by atomic mass is 9.85. The molecule has 1 saturated heterocycles. The summed E-state index contributed by atoms with van der Waals surface area (Å²) in [6.07, 6.45) is 5.93. The van der Waals surface area contributed by atoms with Crippen LogP contribution in [0, 0.1) is 11.6 Å². The van der Waals surface area contributed by atoms with E-state index in [4.69, 9.17) is 0 Å². The highest BCUT2D eigenvalue weighted by Gasteiger charge is 2.30. The van der Waals surface area contributed by atoms with Gasteiger partial charge in [0.05, 0.1) is 0 Å². The first-order valence-corrected chi connectivity index (χ1v) is 8.95. The topological polar surface area (TPSA) is 3.24 Å². The van der Waals surface area contributed by atoms with Gasteiger partial charge in [0.1, 0.15) is 11.6 Å². The zero-order valence-corrected chi connectivity index (χ0v) is 14.1. The van der Waals surface area contributed by atoms with Crippen LogP contribution in [0.2, 0.25) is 0 Å². The molecular formula is C21H23F2N. The van der Waals surface area contributed by atoms with Gasteiger partial charge >= 0.3 is 0 Å². The van der Waals surface area contributed by atoms with E-state index in [-0.39, 0.29) is 0 Å². The first-order chi connectivity index (χ1) is 11.6. The van der Waals surface area contributed by atoms with Crippen molar-refractivity contribution in [1.82, 2.24) is 4.90 Å². The Hall–Kier alpha value is -1.74. The molecule has 2 aromatic carbocycles. The number of benzene rings is 2. The van der Waals surface area contributed by atoms with Crippen molar-refractivity contribution in [3.63, 3.8) is 0 Å². The molecule has 1 heterocycles. The van der Waals surface area contributed by atoms with Crippen molar-refractivity contribution in [2.24, 2.45) is 0 Å². The van der Waals surface area contributed by atoms with Gasteiger partial charge in [-0.25, -0.2) is 8.78 Å². The summed E-state index contributed by atoms with van der Waals surface area (Å²) in [7, 11) is 0. The molecule has 1 nitrogen and oxygen atoms in total. The number of likely N-dealkylation sites (tertiary alicyclic amines) is 1. The third kappa shape index (κ3) is 2.86. The highest BCUT2D eigenvalue weighted by atomic mass is 19.1. The zero-order valence-electron chi connectivity index (χ0n) is 14.1. The van der Waals surface area contributed by atoms with Crippen LogP contribution >= 0.6 is 0 Å². The summed E-state index contributed by atoms with van der Waals surface area (Å²) >= 11 is 0. The van der Waals surface area contributed by atoms with Crippen LogP contribution in [0.5, 0.6) is 0 Å².